The van der Waals surface area contributed by atoms with Crippen molar-refractivity contribution in [3.63, 3.8) is 0 Å². The third-order valence-corrected chi connectivity index (χ3v) is 2.71. The van der Waals surface area contributed by atoms with Gasteiger partial charge in [0, 0.05) is 24.8 Å². The van der Waals surface area contributed by atoms with E-state index >= 15 is 0 Å². The maximum Gasteiger partial charge on any atom is 4.00 e. The molecular weight excluding hydrogens is 448 g/mol. The van der Waals surface area contributed by atoms with Gasteiger partial charge in [-0.05, 0) is 0 Å². The maximum absolute atomic E-state index is 10.4. The largest absolute Gasteiger partial charge is 4.00 e. The molecule has 0 heterocycles. The number of hydrogen-bond donors (Lipinski definition) is 4. The second-order valence-electron chi connectivity index (χ2n) is 5.02. The second kappa shape index (κ2) is 13.5. The molecular formula is C12H12O16Ti. The van der Waals surface area contributed by atoms with E-state index in [9.17, 15) is 49.2 Å². The summed E-state index contributed by atoms with van der Waals surface area (Å²) >= 11 is 0. The van der Waals surface area contributed by atoms with Crippen LogP contribution in [0.4, 0.5) is 0 Å². The van der Waals surface area contributed by atoms with Gasteiger partial charge in [-0.15, -0.1) is 0 Å². The number of aliphatic hydroxyl groups is 2. The van der Waals surface area contributed by atoms with Crippen LogP contribution in [0.15, 0.2) is 0 Å². The van der Waals surface area contributed by atoms with Gasteiger partial charge in [-0.3, -0.25) is 0 Å². The fraction of sp³-hybridized carbons (Fsp3) is 0.500. The number of carboxylic acid groups (broad SMARTS) is 4. The van der Waals surface area contributed by atoms with E-state index < -0.39 is 72.7 Å². The summed E-state index contributed by atoms with van der Waals surface area (Å²) in [6, 6.07) is 0. The topological polar surface area (TPSA) is 294 Å². The minimum Gasteiger partial charge on any atom is -0.550 e. The molecule has 0 saturated heterocycles. The molecule has 0 aliphatic heterocycles. The first kappa shape index (κ1) is 31.1. The van der Waals surface area contributed by atoms with Crippen molar-refractivity contribution in [2.75, 3.05) is 0 Å². The number of hydrogen-bond acceptors (Lipinski definition) is 16. The van der Waals surface area contributed by atoms with Gasteiger partial charge in [0.2, 0.25) is 0 Å². The van der Waals surface area contributed by atoms with Crippen molar-refractivity contribution in [1.82, 2.24) is 0 Å². The average Bonchev–Trinajstić information content (AvgIpc) is 2.53. The van der Waals surface area contributed by atoms with Crippen LogP contribution in [-0.2, 0) is 60.3 Å². The first-order chi connectivity index (χ1) is 12.6. The first-order valence-electron chi connectivity index (χ1n) is 6.59. The van der Waals surface area contributed by atoms with E-state index in [4.69, 9.17) is 20.7 Å². The van der Waals surface area contributed by atoms with Gasteiger partial charge in [-0.25, -0.2) is 9.59 Å². The van der Waals surface area contributed by atoms with Gasteiger partial charge >= 0.3 is 33.7 Å². The van der Waals surface area contributed by atoms with Crippen LogP contribution >= 0.6 is 0 Å². The van der Waals surface area contributed by atoms with Crippen molar-refractivity contribution >= 4 is 35.8 Å². The first-order valence-corrected chi connectivity index (χ1v) is 6.59. The molecule has 0 bridgehead atoms. The number of aliphatic carboxylic acids is 4. The van der Waals surface area contributed by atoms with Crippen LogP contribution in [0, 0.1) is 0 Å². The Morgan fingerprint density at radius 3 is 1.00 bits per heavy atom. The van der Waals surface area contributed by atoms with E-state index in [1.165, 1.54) is 0 Å². The van der Waals surface area contributed by atoms with Gasteiger partial charge in [0.25, 0.3) is 0 Å². The molecule has 2 atom stereocenters. The standard InChI is InChI=1S/2C6H8O8.Ti/c2*7-3(8)1-6(12,5(10)11)2-4(9)14-13;/h2*12-13H,1-2H2,(H,7,8)(H,10,11);/q;;+4/p-4. The molecule has 0 aromatic carbocycles. The van der Waals surface area contributed by atoms with Crippen molar-refractivity contribution < 1.29 is 101 Å². The summed E-state index contributed by atoms with van der Waals surface area (Å²) in [6.45, 7) is 0. The van der Waals surface area contributed by atoms with Crippen LogP contribution < -0.4 is 20.4 Å². The molecule has 16 nitrogen and oxygen atoms in total. The smallest absolute Gasteiger partial charge is 0.550 e. The van der Waals surface area contributed by atoms with E-state index in [0.717, 1.165) is 0 Å². The zero-order valence-electron chi connectivity index (χ0n) is 14.0. The van der Waals surface area contributed by atoms with Crippen molar-refractivity contribution in [2.24, 2.45) is 0 Å². The molecule has 29 heavy (non-hydrogen) atoms. The molecule has 0 fully saturated rings. The van der Waals surface area contributed by atoms with Crippen LogP contribution in [0.2, 0.25) is 0 Å². The Morgan fingerprint density at radius 2 is 0.862 bits per heavy atom. The monoisotopic (exact) mass is 460 g/mol. The fourth-order valence-corrected chi connectivity index (χ4v) is 1.43. The third-order valence-electron chi connectivity index (χ3n) is 2.71. The molecule has 0 rings (SSSR count). The van der Waals surface area contributed by atoms with E-state index in [-0.39, 0.29) is 21.7 Å². The Hall–Kier alpha value is -2.63. The zero-order chi connectivity index (χ0) is 22.7. The molecule has 2 unspecified atom stereocenters. The van der Waals surface area contributed by atoms with E-state index in [1.807, 2.05) is 0 Å². The summed E-state index contributed by atoms with van der Waals surface area (Å²) in [5.41, 5.74) is -5.89. The molecule has 0 radical (unpaired) electrons. The van der Waals surface area contributed by atoms with Crippen LogP contribution in [0.3, 0.4) is 0 Å². The molecule has 0 aromatic rings. The Balaban J connectivity index is -0.000000451. The molecule has 0 amide bonds. The summed E-state index contributed by atoms with van der Waals surface area (Å²) in [4.78, 5) is 67.5. The molecule has 17 heteroatoms. The zero-order valence-corrected chi connectivity index (χ0v) is 15.6. The number of rotatable bonds is 10. The Kier molecular flexibility index (Phi) is 14.5. The minimum atomic E-state index is -2.95. The van der Waals surface area contributed by atoms with Crippen LogP contribution in [-0.4, -0.2) is 67.7 Å². The van der Waals surface area contributed by atoms with Crippen LogP contribution in [0.25, 0.3) is 0 Å². The predicted molar refractivity (Wildman–Crippen MR) is 65.8 cm³/mol. The maximum atomic E-state index is 10.4. The summed E-state index contributed by atoms with van der Waals surface area (Å²) in [5.74, 6) is -11.1. The van der Waals surface area contributed by atoms with E-state index in [2.05, 4.69) is 9.78 Å². The average molecular weight is 460 g/mol. The number of carboxylic acids is 4. The summed E-state index contributed by atoms with van der Waals surface area (Å²) in [6.07, 6.45) is -5.19. The van der Waals surface area contributed by atoms with Crippen molar-refractivity contribution in [3.05, 3.63) is 0 Å². The molecule has 0 aromatic heterocycles. The number of carbonyl (C=O) groups excluding carboxylic acids is 6. The normalized spacial score (nSPS) is 13.7. The van der Waals surface area contributed by atoms with Gasteiger partial charge in [0.15, 0.2) is 0 Å². The number of carbonyl (C=O) groups is 6. The van der Waals surface area contributed by atoms with Gasteiger partial charge in [-0.2, -0.15) is 10.5 Å². The SMILES string of the molecule is O=C([O-])CC(O)(CC(=O)OO)C(=O)[O-].O=C([O-])CC(O)(CC(=O)OO)C(=O)[O-].[Ti+4]. The summed E-state index contributed by atoms with van der Waals surface area (Å²) in [7, 11) is 0. The van der Waals surface area contributed by atoms with Crippen molar-refractivity contribution in [1.29, 1.82) is 0 Å². The van der Waals surface area contributed by atoms with Crippen molar-refractivity contribution in [2.45, 2.75) is 36.9 Å². The van der Waals surface area contributed by atoms with Crippen LogP contribution in [0.1, 0.15) is 25.7 Å². The van der Waals surface area contributed by atoms with Crippen molar-refractivity contribution in [3.8, 4) is 0 Å². The van der Waals surface area contributed by atoms with Gasteiger partial charge in [-0.1, -0.05) is 0 Å². The molecule has 4 N–H and O–H groups in total. The molecule has 160 valence electrons. The van der Waals surface area contributed by atoms with Gasteiger partial charge in [0.1, 0.15) is 11.2 Å². The van der Waals surface area contributed by atoms with Gasteiger partial charge < -0.3 is 59.6 Å². The van der Waals surface area contributed by atoms with E-state index in [1.54, 1.807) is 0 Å². The molecule has 0 saturated carbocycles. The van der Waals surface area contributed by atoms with Gasteiger partial charge in [0.05, 0.1) is 24.8 Å². The third kappa shape index (κ3) is 12.4. The predicted octanol–water partition coefficient (Wildman–Crippen LogP) is -7.98. The minimum absolute atomic E-state index is 0. The van der Waals surface area contributed by atoms with E-state index in [0.29, 0.717) is 0 Å². The molecule has 0 aliphatic rings. The Bertz CT molecular complexity index is 577. The fourth-order valence-electron chi connectivity index (χ4n) is 1.43. The molecule has 0 spiro atoms. The second-order valence-corrected chi connectivity index (χ2v) is 5.02. The summed E-state index contributed by atoms with van der Waals surface area (Å²) in [5, 5.41) is 74.2. The molecule has 0 aliphatic carbocycles. The quantitative estimate of drug-likeness (QED) is 0.134. The Labute approximate surface area is 174 Å². The summed E-state index contributed by atoms with van der Waals surface area (Å²) < 4.78 is 0. The van der Waals surface area contributed by atoms with Crippen LogP contribution in [0.5, 0.6) is 0 Å². The Morgan fingerprint density at radius 1 is 0.621 bits per heavy atom.